The van der Waals surface area contributed by atoms with Crippen molar-refractivity contribution in [1.82, 2.24) is 10.3 Å². The van der Waals surface area contributed by atoms with Crippen molar-refractivity contribution in [3.05, 3.63) is 52.6 Å². The molecule has 1 aliphatic carbocycles. The zero-order valence-corrected chi connectivity index (χ0v) is 15.6. The molecule has 0 atom stereocenters. The van der Waals surface area contributed by atoms with Crippen LogP contribution < -0.4 is 15.5 Å². The molecule has 2 aromatic rings. The molecule has 2 heterocycles. The van der Waals surface area contributed by atoms with Gasteiger partial charge in [-0.3, -0.25) is 0 Å². The summed E-state index contributed by atoms with van der Waals surface area (Å²) in [6.07, 6.45) is 6.06. The van der Waals surface area contributed by atoms with Crippen LogP contribution in [0.5, 0.6) is 0 Å². The third-order valence-corrected chi connectivity index (χ3v) is 5.47. The molecule has 0 unspecified atom stereocenters. The number of rotatable bonds is 4. The third kappa shape index (κ3) is 3.49. The monoisotopic (exact) mass is 400 g/mol. The largest absolute Gasteiger partial charge is 0.355 e. The number of carbonyl (C=O) groups excluding carboxylic acids is 1. The highest BCUT2D eigenvalue weighted by atomic mass is 79.9. The van der Waals surface area contributed by atoms with Crippen LogP contribution in [0, 0.1) is 0 Å². The van der Waals surface area contributed by atoms with Crippen LogP contribution in [0.2, 0.25) is 0 Å². The van der Waals surface area contributed by atoms with E-state index in [1.54, 1.807) is 6.20 Å². The molecule has 1 saturated carbocycles. The fraction of sp³-hybridized carbons (Fsp3) is 0.368. The molecular weight excluding hydrogens is 380 g/mol. The Bertz CT molecular complexity index is 767. The van der Waals surface area contributed by atoms with Gasteiger partial charge in [0.25, 0.3) is 0 Å². The van der Waals surface area contributed by atoms with E-state index in [0.29, 0.717) is 0 Å². The van der Waals surface area contributed by atoms with Crippen molar-refractivity contribution in [3.63, 3.8) is 0 Å². The smallest absolute Gasteiger partial charge is 0.320 e. The van der Waals surface area contributed by atoms with Gasteiger partial charge in [-0.15, -0.1) is 0 Å². The van der Waals surface area contributed by atoms with Crippen molar-refractivity contribution in [1.29, 1.82) is 0 Å². The van der Waals surface area contributed by atoms with Gasteiger partial charge in [0, 0.05) is 23.8 Å². The SMILES string of the molecule is O=C(Nc1cccnc1N1CCCC1)NC1(c2ccc(Br)cc2)CC1. The average Bonchev–Trinajstić information content (AvgIpc) is 3.18. The standard InChI is InChI=1S/C19H21BrN4O/c20-15-7-5-14(6-8-15)19(9-10-19)23-18(25)22-16-4-3-11-21-17(16)24-12-1-2-13-24/h3-8,11H,1-2,9-10,12-13H2,(H2,22,23,25). The van der Waals surface area contributed by atoms with E-state index in [9.17, 15) is 4.79 Å². The first kappa shape index (κ1) is 16.4. The van der Waals surface area contributed by atoms with Crippen molar-refractivity contribution in [2.24, 2.45) is 0 Å². The Morgan fingerprint density at radius 3 is 2.52 bits per heavy atom. The first-order valence-corrected chi connectivity index (χ1v) is 9.51. The maximum absolute atomic E-state index is 12.6. The van der Waals surface area contributed by atoms with Gasteiger partial charge in [-0.25, -0.2) is 9.78 Å². The Balaban J connectivity index is 1.47. The molecule has 1 aromatic heterocycles. The van der Waals surface area contributed by atoms with Crippen LogP contribution >= 0.6 is 15.9 Å². The van der Waals surface area contributed by atoms with Gasteiger partial charge in [0.15, 0.2) is 5.82 Å². The summed E-state index contributed by atoms with van der Waals surface area (Å²) in [5, 5.41) is 6.16. The summed E-state index contributed by atoms with van der Waals surface area (Å²) in [6, 6.07) is 11.8. The number of nitrogens with zero attached hydrogens (tertiary/aromatic N) is 2. The summed E-state index contributed by atoms with van der Waals surface area (Å²) < 4.78 is 1.04. The normalized spacial score (nSPS) is 18.0. The number of aromatic nitrogens is 1. The predicted molar refractivity (Wildman–Crippen MR) is 103 cm³/mol. The van der Waals surface area contributed by atoms with E-state index >= 15 is 0 Å². The third-order valence-electron chi connectivity index (χ3n) is 4.94. The van der Waals surface area contributed by atoms with E-state index in [2.05, 4.69) is 48.6 Å². The number of anilines is 2. The van der Waals surface area contributed by atoms with Crippen LogP contribution in [-0.2, 0) is 5.54 Å². The van der Waals surface area contributed by atoms with Gasteiger partial charge in [0.1, 0.15) is 0 Å². The van der Waals surface area contributed by atoms with E-state index in [1.807, 2.05) is 24.3 Å². The lowest BCUT2D eigenvalue weighted by Gasteiger charge is -2.22. The first-order chi connectivity index (χ1) is 12.2. The number of halogens is 1. The minimum Gasteiger partial charge on any atom is -0.355 e. The second kappa shape index (κ2) is 6.67. The predicted octanol–water partition coefficient (Wildman–Crippen LogP) is 4.26. The Kier molecular flexibility index (Phi) is 4.37. The molecule has 1 aliphatic heterocycles. The van der Waals surface area contributed by atoms with Crippen molar-refractivity contribution in [3.8, 4) is 0 Å². The van der Waals surface area contributed by atoms with Gasteiger partial charge in [0.05, 0.1) is 11.2 Å². The number of urea groups is 1. The first-order valence-electron chi connectivity index (χ1n) is 8.71. The fourth-order valence-electron chi connectivity index (χ4n) is 3.43. The number of benzene rings is 1. The lowest BCUT2D eigenvalue weighted by atomic mass is 10.1. The van der Waals surface area contributed by atoms with E-state index in [0.717, 1.165) is 47.5 Å². The van der Waals surface area contributed by atoms with Crippen molar-refractivity contribution in [2.45, 2.75) is 31.2 Å². The lowest BCUT2D eigenvalue weighted by molar-refractivity contribution is 0.247. The van der Waals surface area contributed by atoms with Gasteiger partial charge in [-0.1, -0.05) is 28.1 Å². The van der Waals surface area contributed by atoms with Crippen molar-refractivity contribution < 1.29 is 4.79 Å². The molecule has 4 rings (SSSR count). The quantitative estimate of drug-likeness (QED) is 0.805. The molecule has 0 radical (unpaired) electrons. The molecular formula is C19H21BrN4O. The fourth-order valence-corrected chi connectivity index (χ4v) is 3.69. The number of pyridine rings is 1. The Morgan fingerprint density at radius 2 is 1.84 bits per heavy atom. The number of hydrogen-bond acceptors (Lipinski definition) is 3. The highest BCUT2D eigenvalue weighted by molar-refractivity contribution is 9.10. The average molecular weight is 401 g/mol. The molecule has 2 amide bonds. The summed E-state index contributed by atoms with van der Waals surface area (Å²) >= 11 is 3.46. The molecule has 2 fully saturated rings. The van der Waals surface area contributed by atoms with Gasteiger partial charge >= 0.3 is 6.03 Å². The zero-order chi connectivity index (χ0) is 17.3. The minimum absolute atomic E-state index is 0.172. The Morgan fingerprint density at radius 1 is 1.12 bits per heavy atom. The van der Waals surface area contributed by atoms with Gasteiger partial charge in [-0.05, 0) is 55.5 Å². The molecule has 130 valence electrons. The maximum atomic E-state index is 12.6. The van der Waals surface area contributed by atoms with Gasteiger partial charge in [0.2, 0.25) is 0 Å². The van der Waals surface area contributed by atoms with E-state index in [4.69, 9.17) is 0 Å². The summed E-state index contributed by atoms with van der Waals surface area (Å²) in [7, 11) is 0. The van der Waals surface area contributed by atoms with Crippen molar-refractivity contribution in [2.75, 3.05) is 23.3 Å². The summed E-state index contributed by atoms with van der Waals surface area (Å²) in [4.78, 5) is 19.3. The minimum atomic E-state index is -0.235. The highest BCUT2D eigenvalue weighted by Gasteiger charge is 2.45. The lowest BCUT2D eigenvalue weighted by Crippen LogP contribution is -2.38. The molecule has 25 heavy (non-hydrogen) atoms. The van der Waals surface area contributed by atoms with Crippen molar-refractivity contribution >= 4 is 33.5 Å². The Labute approximate surface area is 156 Å². The second-order valence-electron chi connectivity index (χ2n) is 6.74. The summed E-state index contributed by atoms with van der Waals surface area (Å²) in [6.45, 7) is 1.99. The molecule has 6 heteroatoms. The molecule has 2 aliphatic rings. The number of hydrogen-bond donors (Lipinski definition) is 2. The topological polar surface area (TPSA) is 57.3 Å². The van der Waals surface area contributed by atoms with E-state index < -0.39 is 0 Å². The molecule has 0 spiro atoms. The van der Waals surface area contributed by atoms with Crippen LogP contribution in [0.4, 0.5) is 16.3 Å². The molecule has 1 aromatic carbocycles. The number of amides is 2. The van der Waals surface area contributed by atoms with Crippen LogP contribution in [0.1, 0.15) is 31.2 Å². The Hall–Kier alpha value is -2.08. The number of nitrogens with one attached hydrogen (secondary N) is 2. The maximum Gasteiger partial charge on any atom is 0.320 e. The highest BCUT2D eigenvalue weighted by Crippen LogP contribution is 2.45. The van der Waals surface area contributed by atoms with Crippen LogP contribution in [0.25, 0.3) is 0 Å². The van der Waals surface area contributed by atoms with Crippen LogP contribution in [0.15, 0.2) is 47.1 Å². The zero-order valence-electron chi connectivity index (χ0n) is 14.0. The van der Waals surface area contributed by atoms with Gasteiger partial charge < -0.3 is 15.5 Å². The number of carbonyl (C=O) groups is 1. The molecule has 5 nitrogen and oxygen atoms in total. The van der Waals surface area contributed by atoms with Crippen LogP contribution in [0.3, 0.4) is 0 Å². The van der Waals surface area contributed by atoms with Crippen LogP contribution in [-0.4, -0.2) is 24.1 Å². The molecule has 1 saturated heterocycles. The summed E-state index contributed by atoms with van der Waals surface area (Å²) in [5.74, 6) is 0.864. The van der Waals surface area contributed by atoms with E-state index in [1.165, 1.54) is 12.8 Å². The summed E-state index contributed by atoms with van der Waals surface area (Å²) in [5.41, 5.74) is 1.69. The van der Waals surface area contributed by atoms with E-state index in [-0.39, 0.29) is 11.6 Å². The van der Waals surface area contributed by atoms with Gasteiger partial charge in [-0.2, -0.15) is 0 Å². The molecule has 0 bridgehead atoms. The molecule has 2 N–H and O–H groups in total. The second-order valence-corrected chi connectivity index (χ2v) is 7.65.